The summed E-state index contributed by atoms with van der Waals surface area (Å²) in [4.78, 5) is 21.0. The molecule has 19 heavy (non-hydrogen) atoms. The molecule has 1 saturated carbocycles. The second-order valence-corrected chi connectivity index (χ2v) is 5.60. The van der Waals surface area contributed by atoms with Crippen LogP contribution in [-0.2, 0) is 0 Å². The van der Waals surface area contributed by atoms with Crippen LogP contribution < -0.4 is 0 Å². The largest absolute Gasteiger partial charge is 0.336 e. The molecule has 1 aromatic heterocycles. The monoisotopic (exact) mass is 259 g/mol. The number of amides is 1. The molecule has 3 rings (SSSR count). The van der Waals surface area contributed by atoms with Gasteiger partial charge in [-0.15, -0.1) is 0 Å². The van der Waals surface area contributed by atoms with Gasteiger partial charge in [0.15, 0.2) is 0 Å². The van der Waals surface area contributed by atoms with Gasteiger partial charge in [0.25, 0.3) is 5.91 Å². The molecule has 0 radical (unpaired) electrons. The van der Waals surface area contributed by atoms with E-state index in [4.69, 9.17) is 0 Å². The molecule has 4 heteroatoms. The third-order valence-electron chi connectivity index (χ3n) is 3.97. The summed E-state index contributed by atoms with van der Waals surface area (Å²) < 4.78 is 0. The molecule has 0 aromatic carbocycles. The first-order chi connectivity index (χ1) is 9.33. The maximum absolute atomic E-state index is 12.3. The molecule has 0 bridgehead atoms. The summed E-state index contributed by atoms with van der Waals surface area (Å²) in [7, 11) is 0. The summed E-state index contributed by atoms with van der Waals surface area (Å²) in [5.41, 5.74) is 0.568. The summed E-state index contributed by atoms with van der Waals surface area (Å²) in [6, 6.07) is 5.52. The van der Waals surface area contributed by atoms with Gasteiger partial charge in [0.1, 0.15) is 5.69 Å². The average molecular weight is 259 g/mol. The van der Waals surface area contributed by atoms with Crippen molar-refractivity contribution < 1.29 is 4.79 Å². The van der Waals surface area contributed by atoms with Gasteiger partial charge < -0.3 is 9.80 Å². The molecule has 4 nitrogen and oxygen atoms in total. The quantitative estimate of drug-likeness (QED) is 0.828. The van der Waals surface area contributed by atoms with Crippen LogP contribution in [-0.4, -0.2) is 53.4 Å². The van der Waals surface area contributed by atoms with Crippen LogP contribution in [0.1, 0.15) is 29.8 Å². The number of nitrogens with zero attached hydrogens (tertiary/aromatic N) is 3. The van der Waals surface area contributed by atoms with Crippen molar-refractivity contribution in [3.63, 3.8) is 0 Å². The predicted molar refractivity (Wildman–Crippen MR) is 73.9 cm³/mol. The number of hydrogen-bond acceptors (Lipinski definition) is 3. The van der Waals surface area contributed by atoms with E-state index in [2.05, 4.69) is 9.88 Å². The Labute approximate surface area is 114 Å². The minimum absolute atomic E-state index is 0.0777. The summed E-state index contributed by atoms with van der Waals surface area (Å²) in [6.07, 6.45) is 5.55. The fraction of sp³-hybridized carbons (Fsp3) is 0.600. The van der Waals surface area contributed by atoms with E-state index in [1.54, 1.807) is 12.3 Å². The van der Waals surface area contributed by atoms with Crippen molar-refractivity contribution in [3.05, 3.63) is 30.1 Å². The fourth-order valence-corrected chi connectivity index (χ4v) is 2.67. The SMILES string of the molecule is O=C(c1ccccn1)N1CCCN(CC2CC2)CC1. The van der Waals surface area contributed by atoms with Gasteiger partial charge in [-0.3, -0.25) is 9.78 Å². The first-order valence-corrected chi connectivity index (χ1v) is 7.25. The van der Waals surface area contributed by atoms with Crippen molar-refractivity contribution >= 4 is 5.91 Å². The van der Waals surface area contributed by atoms with Crippen molar-refractivity contribution in [1.82, 2.24) is 14.8 Å². The lowest BCUT2D eigenvalue weighted by molar-refractivity contribution is 0.0755. The van der Waals surface area contributed by atoms with E-state index in [0.717, 1.165) is 38.5 Å². The number of aromatic nitrogens is 1. The number of rotatable bonds is 3. The molecule has 2 heterocycles. The summed E-state index contributed by atoms with van der Waals surface area (Å²) in [5.74, 6) is 1.01. The Morgan fingerprint density at radius 1 is 1.21 bits per heavy atom. The molecule has 1 aliphatic carbocycles. The van der Waals surface area contributed by atoms with Gasteiger partial charge in [0.2, 0.25) is 0 Å². The summed E-state index contributed by atoms with van der Waals surface area (Å²) >= 11 is 0. The van der Waals surface area contributed by atoms with Crippen LogP contribution in [0, 0.1) is 5.92 Å². The van der Waals surface area contributed by atoms with Crippen LogP contribution >= 0.6 is 0 Å². The molecule has 0 unspecified atom stereocenters. The van der Waals surface area contributed by atoms with Gasteiger partial charge >= 0.3 is 0 Å². The zero-order valence-corrected chi connectivity index (χ0v) is 11.3. The third kappa shape index (κ3) is 3.32. The van der Waals surface area contributed by atoms with Gasteiger partial charge in [0, 0.05) is 32.4 Å². The van der Waals surface area contributed by atoms with E-state index in [-0.39, 0.29) is 5.91 Å². The zero-order chi connectivity index (χ0) is 13.1. The molecule has 102 valence electrons. The fourth-order valence-electron chi connectivity index (χ4n) is 2.67. The maximum atomic E-state index is 12.3. The molecule has 0 N–H and O–H groups in total. The van der Waals surface area contributed by atoms with Crippen molar-refractivity contribution in [2.45, 2.75) is 19.3 Å². The lowest BCUT2D eigenvalue weighted by atomic mass is 10.3. The van der Waals surface area contributed by atoms with Gasteiger partial charge in [-0.05, 0) is 43.9 Å². The summed E-state index contributed by atoms with van der Waals surface area (Å²) in [6.45, 7) is 5.06. The Morgan fingerprint density at radius 2 is 2.11 bits per heavy atom. The Hall–Kier alpha value is -1.42. The van der Waals surface area contributed by atoms with Gasteiger partial charge in [-0.2, -0.15) is 0 Å². The lowest BCUT2D eigenvalue weighted by Crippen LogP contribution is -2.36. The normalized spacial score (nSPS) is 21.2. The number of pyridine rings is 1. The molecular weight excluding hydrogens is 238 g/mol. The van der Waals surface area contributed by atoms with E-state index < -0.39 is 0 Å². The molecule has 1 saturated heterocycles. The van der Waals surface area contributed by atoms with E-state index in [1.165, 1.54) is 19.4 Å². The molecule has 2 aliphatic rings. The standard InChI is InChI=1S/C15H21N3O/c19-15(14-4-1-2-7-16-14)18-9-3-8-17(10-11-18)12-13-5-6-13/h1-2,4,7,13H,3,5-6,8-12H2. The van der Waals surface area contributed by atoms with E-state index in [1.807, 2.05) is 17.0 Å². The highest BCUT2D eigenvalue weighted by Crippen LogP contribution is 2.29. The minimum atomic E-state index is 0.0777. The topological polar surface area (TPSA) is 36.4 Å². The zero-order valence-electron chi connectivity index (χ0n) is 11.3. The van der Waals surface area contributed by atoms with E-state index >= 15 is 0 Å². The Bertz CT molecular complexity index is 430. The Kier molecular flexibility index (Phi) is 3.78. The molecule has 1 aliphatic heterocycles. The van der Waals surface area contributed by atoms with Crippen molar-refractivity contribution in [1.29, 1.82) is 0 Å². The average Bonchev–Trinajstić information content (AvgIpc) is 3.27. The smallest absolute Gasteiger partial charge is 0.272 e. The van der Waals surface area contributed by atoms with Crippen molar-refractivity contribution in [2.24, 2.45) is 5.92 Å². The van der Waals surface area contributed by atoms with Crippen LogP contribution in [0.3, 0.4) is 0 Å². The Balaban J connectivity index is 1.58. The first-order valence-electron chi connectivity index (χ1n) is 7.25. The highest BCUT2D eigenvalue weighted by atomic mass is 16.2. The highest BCUT2D eigenvalue weighted by Gasteiger charge is 2.26. The van der Waals surface area contributed by atoms with Gasteiger partial charge in [0.05, 0.1) is 0 Å². The lowest BCUT2D eigenvalue weighted by Gasteiger charge is -2.21. The van der Waals surface area contributed by atoms with Crippen LogP contribution in [0.15, 0.2) is 24.4 Å². The van der Waals surface area contributed by atoms with Crippen LogP contribution in [0.25, 0.3) is 0 Å². The maximum Gasteiger partial charge on any atom is 0.272 e. The highest BCUT2D eigenvalue weighted by molar-refractivity contribution is 5.92. The van der Waals surface area contributed by atoms with E-state index in [0.29, 0.717) is 5.69 Å². The third-order valence-corrected chi connectivity index (χ3v) is 3.97. The number of carbonyl (C=O) groups excluding carboxylic acids is 1. The molecule has 0 atom stereocenters. The van der Waals surface area contributed by atoms with Crippen molar-refractivity contribution in [2.75, 3.05) is 32.7 Å². The van der Waals surface area contributed by atoms with E-state index in [9.17, 15) is 4.79 Å². The second-order valence-electron chi connectivity index (χ2n) is 5.60. The first kappa shape index (κ1) is 12.6. The second kappa shape index (κ2) is 5.70. The van der Waals surface area contributed by atoms with Crippen LogP contribution in [0.4, 0.5) is 0 Å². The number of carbonyl (C=O) groups is 1. The van der Waals surface area contributed by atoms with Crippen LogP contribution in [0.2, 0.25) is 0 Å². The molecular formula is C15H21N3O. The molecule has 1 amide bonds. The molecule has 2 fully saturated rings. The van der Waals surface area contributed by atoms with Crippen molar-refractivity contribution in [3.8, 4) is 0 Å². The minimum Gasteiger partial charge on any atom is -0.336 e. The molecule has 0 spiro atoms. The Morgan fingerprint density at radius 3 is 2.84 bits per heavy atom. The predicted octanol–water partition coefficient (Wildman–Crippen LogP) is 1.64. The van der Waals surface area contributed by atoms with Crippen LogP contribution in [0.5, 0.6) is 0 Å². The van der Waals surface area contributed by atoms with Gasteiger partial charge in [-0.25, -0.2) is 0 Å². The number of hydrogen-bond donors (Lipinski definition) is 0. The van der Waals surface area contributed by atoms with Gasteiger partial charge in [-0.1, -0.05) is 6.07 Å². The molecule has 1 aromatic rings. The summed E-state index contributed by atoms with van der Waals surface area (Å²) in [5, 5.41) is 0.